The number of carbonyl (C=O) groups is 1. The second kappa shape index (κ2) is 14.6. The summed E-state index contributed by atoms with van der Waals surface area (Å²) < 4.78 is 0. The van der Waals surface area contributed by atoms with E-state index in [1.807, 2.05) is 25.1 Å². The minimum atomic E-state index is -0.378. The van der Waals surface area contributed by atoms with E-state index in [0.29, 0.717) is 13.0 Å². The molecular formula is C17H30Cl4N4O. The Kier molecular flexibility index (Phi) is 15.6. The van der Waals surface area contributed by atoms with Gasteiger partial charge in [-0.3, -0.25) is 9.69 Å². The number of carbonyl (C=O) groups excluding carboxylic acids is 1. The SMILES string of the molecule is CC[C@H](N)C(=O)NCCCN1CCN(c2cccc(Cl)c2)CC1.Cl.Cl.Cl. The molecule has 2 rings (SSSR count). The normalized spacial score (nSPS) is 15.1. The molecule has 1 atom stereocenters. The van der Waals surface area contributed by atoms with E-state index < -0.39 is 0 Å². The molecule has 1 saturated heterocycles. The number of hydrogen-bond donors (Lipinski definition) is 2. The van der Waals surface area contributed by atoms with Gasteiger partial charge in [0.25, 0.3) is 0 Å². The third-order valence-corrected chi connectivity index (χ3v) is 4.51. The summed E-state index contributed by atoms with van der Waals surface area (Å²) in [5.41, 5.74) is 6.88. The van der Waals surface area contributed by atoms with Crippen LogP contribution in [0.4, 0.5) is 5.69 Å². The minimum absolute atomic E-state index is 0. The first-order valence-corrected chi connectivity index (χ1v) is 8.74. The molecule has 1 aliphatic rings. The smallest absolute Gasteiger partial charge is 0.236 e. The standard InChI is InChI=1S/C17H27ClN4O.3ClH/c1-2-16(19)17(23)20-7-4-8-21-9-11-22(12-10-21)15-6-3-5-14(18)13-15;;;/h3,5-6,13,16H,2,4,7-12,19H2,1H3,(H,20,23);3*1H/t16-;;;/m0.../s1. The largest absolute Gasteiger partial charge is 0.369 e. The Bertz CT molecular complexity index is 513. The number of amides is 1. The predicted molar refractivity (Wildman–Crippen MR) is 118 cm³/mol. The first-order chi connectivity index (χ1) is 11.1. The molecule has 0 bridgehead atoms. The number of piperazine rings is 1. The molecule has 1 fully saturated rings. The quantitative estimate of drug-likeness (QED) is 0.630. The van der Waals surface area contributed by atoms with Gasteiger partial charge in [0.05, 0.1) is 6.04 Å². The zero-order valence-corrected chi connectivity index (χ0v) is 18.2. The first-order valence-electron chi connectivity index (χ1n) is 8.36. The summed E-state index contributed by atoms with van der Waals surface area (Å²) in [6.45, 7) is 7.71. The monoisotopic (exact) mass is 446 g/mol. The molecule has 0 spiro atoms. The molecule has 0 saturated carbocycles. The van der Waals surface area contributed by atoms with E-state index >= 15 is 0 Å². The van der Waals surface area contributed by atoms with Gasteiger partial charge >= 0.3 is 0 Å². The molecule has 0 unspecified atom stereocenters. The highest BCUT2D eigenvalue weighted by Crippen LogP contribution is 2.20. The van der Waals surface area contributed by atoms with Gasteiger partial charge < -0.3 is 16.0 Å². The van der Waals surface area contributed by atoms with Crippen molar-refractivity contribution in [3.63, 3.8) is 0 Å². The predicted octanol–water partition coefficient (Wildman–Crippen LogP) is 2.97. The van der Waals surface area contributed by atoms with Crippen LogP contribution in [0.2, 0.25) is 5.02 Å². The number of anilines is 1. The highest BCUT2D eigenvalue weighted by molar-refractivity contribution is 6.30. The van der Waals surface area contributed by atoms with Crippen LogP contribution < -0.4 is 16.0 Å². The lowest BCUT2D eigenvalue weighted by Gasteiger charge is -2.36. The summed E-state index contributed by atoms with van der Waals surface area (Å²) in [7, 11) is 0. The Morgan fingerprint density at radius 3 is 2.46 bits per heavy atom. The van der Waals surface area contributed by atoms with Crippen LogP contribution in [0.15, 0.2) is 24.3 Å². The molecule has 1 aromatic carbocycles. The molecule has 1 aromatic rings. The summed E-state index contributed by atoms with van der Waals surface area (Å²) in [5.74, 6) is -0.0433. The molecule has 0 radical (unpaired) electrons. The fourth-order valence-electron chi connectivity index (χ4n) is 2.73. The summed E-state index contributed by atoms with van der Waals surface area (Å²) in [4.78, 5) is 16.4. The van der Waals surface area contributed by atoms with Crippen molar-refractivity contribution in [1.82, 2.24) is 10.2 Å². The number of benzene rings is 1. The van der Waals surface area contributed by atoms with Crippen molar-refractivity contribution in [2.75, 3.05) is 44.2 Å². The molecule has 1 aliphatic heterocycles. The van der Waals surface area contributed by atoms with Crippen LogP contribution in [0.3, 0.4) is 0 Å². The van der Waals surface area contributed by atoms with Crippen molar-refractivity contribution in [2.45, 2.75) is 25.8 Å². The van der Waals surface area contributed by atoms with E-state index in [-0.39, 0.29) is 49.2 Å². The van der Waals surface area contributed by atoms with E-state index in [1.165, 1.54) is 5.69 Å². The van der Waals surface area contributed by atoms with Crippen molar-refractivity contribution in [1.29, 1.82) is 0 Å². The number of hydrogen-bond acceptors (Lipinski definition) is 4. The number of halogens is 4. The average Bonchev–Trinajstić information content (AvgIpc) is 2.58. The third-order valence-electron chi connectivity index (χ3n) is 4.27. The molecule has 5 nitrogen and oxygen atoms in total. The molecule has 0 aliphatic carbocycles. The van der Waals surface area contributed by atoms with Crippen LogP contribution >= 0.6 is 48.8 Å². The van der Waals surface area contributed by atoms with Crippen molar-refractivity contribution >= 4 is 60.4 Å². The van der Waals surface area contributed by atoms with E-state index in [0.717, 1.165) is 44.2 Å². The van der Waals surface area contributed by atoms with Crippen LogP contribution in [0.5, 0.6) is 0 Å². The van der Waals surface area contributed by atoms with Crippen molar-refractivity contribution in [2.24, 2.45) is 5.73 Å². The van der Waals surface area contributed by atoms with Gasteiger partial charge in [-0.15, -0.1) is 37.2 Å². The number of nitrogens with two attached hydrogens (primary N) is 1. The second-order valence-corrected chi connectivity index (χ2v) is 6.40. The fourth-order valence-corrected chi connectivity index (χ4v) is 2.92. The van der Waals surface area contributed by atoms with E-state index in [1.54, 1.807) is 0 Å². The van der Waals surface area contributed by atoms with Crippen molar-refractivity contribution < 1.29 is 4.79 Å². The Balaban J connectivity index is 0. The Morgan fingerprint density at radius 1 is 1.23 bits per heavy atom. The summed E-state index contributed by atoms with van der Waals surface area (Å²) in [6.07, 6.45) is 1.64. The van der Waals surface area contributed by atoms with Gasteiger partial charge in [-0.25, -0.2) is 0 Å². The summed E-state index contributed by atoms with van der Waals surface area (Å²) >= 11 is 6.05. The molecule has 9 heteroatoms. The maximum Gasteiger partial charge on any atom is 0.236 e. The second-order valence-electron chi connectivity index (χ2n) is 5.97. The van der Waals surface area contributed by atoms with Crippen LogP contribution in [0.1, 0.15) is 19.8 Å². The van der Waals surface area contributed by atoms with Crippen LogP contribution in [-0.2, 0) is 4.79 Å². The Hall–Kier alpha value is -0.430. The van der Waals surface area contributed by atoms with E-state index in [9.17, 15) is 4.79 Å². The zero-order valence-electron chi connectivity index (χ0n) is 15.0. The Morgan fingerprint density at radius 2 is 1.88 bits per heavy atom. The lowest BCUT2D eigenvalue weighted by molar-refractivity contribution is -0.122. The third kappa shape index (κ3) is 8.98. The van der Waals surface area contributed by atoms with Gasteiger partial charge in [-0.05, 0) is 37.6 Å². The van der Waals surface area contributed by atoms with Gasteiger partial charge in [0, 0.05) is 43.4 Å². The van der Waals surface area contributed by atoms with E-state index in [2.05, 4.69) is 21.2 Å². The lowest BCUT2D eigenvalue weighted by Crippen LogP contribution is -2.47. The van der Waals surface area contributed by atoms with Crippen LogP contribution in [0.25, 0.3) is 0 Å². The minimum Gasteiger partial charge on any atom is -0.369 e. The van der Waals surface area contributed by atoms with Gasteiger partial charge in [0.1, 0.15) is 0 Å². The van der Waals surface area contributed by atoms with Crippen molar-refractivity contribution in [3.05, 3.63) is 29.3 Å². The highest BCUT2D eigenvalue weighted by Gasteiger charge is 2.17. The zero-order chi connectivity index (χ0) is 16.7. The Labute approximate surface area is 180 Å². The van der Waals surface area contributed by atoms with Gasteiger partial charge in [-0.1, -0.05) is 24.6 Å². The highest BCUT2D eigenvalue weighted by atomic mass is 35.5. The van der Waals surface area contributed by atoms with Crippen LogP contribution in [0, 0.1) is 0 Å². The number of nitrogens with one attached hydrogen (secondary N) is 1. The first kappa shape index (κ1) is 27.8. The van der Waals surface area contributed by atoms with Crippen molar-refractivity contribution in [3.8, 4) is 0 Å². The maximum absolute atomic E-state index is 11.6. The van der Waals surface area contributed by atoms with Gasteiger partial charge in [-0.2, -0.15) is 0 Å². The molecule has 1 amide bonds. The fraction of sp³-hybridized carbons (Fsp3) is 0.588. The molecule has 0 aromatic heterocycles. The number of rotatable bonds is 7. The molecule has 26 heavy (non-hydrogen) atoms. The van der Waals surface area contributed by atoms with Gasteiger partial charge in [0.2, 0.25) is 5.91 Å². The molecule has 152 valence electrons. The average molecular weight is 448 g/mol. The lowest BCUT2D eigenvalue weighted by atomic mass is 10.2. The molecule has 1 heterocycles. The summed E-state index contributed by atoms with van der Waals surface area (Å²) in [5, 5.41) is 3.68. The van der Waals surface area contributed by atoms with Crippen LogP contribution in [-0.4, -0.2) is 56.1 Å². The topological polar surface area (TPSA) is 61.6 Å². The maximum atomic E-state index is 11.6. The summed E-state index contributed by atoms with van der Waals surface area (Å²) in [6, 6.07) is 7.64. The number of nitrogens with zero attached hydrogens (tertiary/aromatic N) is 2. The molecular weight excluding hydrogens is 418 g/mol. The molecule has 3 N–H and O–H groups in total. The van der Waals surface area contributed by atoms with Gasteiger partial charge in [0.15, 0.2) is 0 Å². The van der Waals surface area contributed by atoms with E-state index in [4.69, 9.17) is 17.3 Å².